The molecule has 5 heteroatoms. The van der Waals surface area contributed by atoms with Gasteiger partial charge in [0.15, 0.2) is 0 Å². The van der Waals surface area contributed by atoms with Crippen LogP contribution in [0.3, 0.4) is 0 Å². The summed E-state index contributed by atoms with van der Waals surface area (Å²) in [5, 5.41) is 19.2. The molecule has 1 heterocycles. The first-order valence-electron chi connectivity index (χ1n) is 6.71. The number of fused-ring (bicyclic) bond motifs is 1. The SMILES string of the molecule is C=CCc1cc(CN)cc(-n2nc3ccccc3n2)c1O. The van der Waals surface area contributed by atoms with Crippen molar-refractivity contribution in [1.29, 1.82) is 0 Å². The number of phenols is 1. The van der Waals surface area contributed by atoms with E-state index in [0.717, 1.165) is 22.2 Å². The third kappa shape index (κ3) is 2.39. The summed E-state index contributed by atoms with van der Waals surface area (Å²) >= 11 is 0. The Bertz CT molecular complexity index is 774. The largest absolute Gasteiger partial charge is 0.505 e. The summed E-state index contributed by atoms with van der Waals surface area (Å²) in [5.41, 5.74) is 9.50. The Labute approximate surface area is 122 Å². The van der Waals surface area contributed by atoms with Crippen molar-refractivity contribution in [2.45, 2.75) is 13.0 Å². The van der Waals surface area contributed by atoms with Crippen molar-refractivity contribution in [3.05, 3.63) is 60.2 Å². The van der Waals surface area contributed by atoms with Crippen LogP contribution in [0.1, 0.15) is 11.1 Å². The van der Waals surface area contributed by atoms with Crippen molar-refractivity contribution in [3.8, 4) is 11.4 Å². The van der Waals surface area contributed by atoms with Crippen LogP contribution in [0, 0.1) is 0 Å². The average molecular weight is 280 g/mol. The van der Waals surface area contributed by atoms with Gasteiger partial charge in [-0.15, -0.1) is 21.6 Å². The molecule has 3 aromatic rings. The Balaban J connectivity index is 2.20. The zero-order valence-corrected chi connectivity index (χ0v) is 11.5. The molecule has 5 nitrogen and oxygen atoms in total. The fourth-order valence-corrected chi connectivity index (χ4v) is 2.29. The van der Waals surface area contributed by atoms with Crippen LogP contribution < -0.4 is 5.73 Å². The second kappa shape index (κ2) is 5.38. The van der Waals surface area contributed by atoms with Gasteiger partial charge >= 0.3 is 0 Å². The van der Waals surface area contributed by atoms with Gasteiger partial charge in [0.05, 0.1) is 0 Å². The second-order valence-electron chi connectivity index (χ2n) is 4.80. The van der Waals surface area contributed by atoms with Crippen LogP contribution in [-0.4, -0.2) is 20.1 Å². The van der Waals surface area contributed by atoms with Gasteiger partial charge in [0.2, 0.25) is 0 Å². The number of hydrogen-bond acceptors (Lipinski definition) is 4. The number of benzene rings is 2. The quantitative estimate of drug-likeness (QED) is 0.719. The van der Waals surface area contributed by atoms with Crippen LogP contribution in [0.4, 0.5) is 0 Å². The third-order valence-corrected chi connectivity index (χ3v) is 3.33. The molecule has 0 saturated heterocycles. The zero-order valence-electron chi connectivity index (χ0n) is 11.5. The molecular formula is C16H16N4O. The molecule has 3 N–H and O–H groups in total. The Morgan fingerprint density at radius 1 is 1.19 bits per heavy atom. The van der Waals surface area contributed by atoms with Gasteiger partial charge in [-0.2, -0.15) is 0 Å². The Kier molecular flexibility index (Phi) is 3.41. The topological polar surface area (TPSA) is 77.0 Å². The number of nitrogens with two attached hydrogens (primary N) is 1. The maximum Gasteiger partial charge on any atom is 0.146 e. The van der Waals surface area contributed by atoms with E-state index in [1.165, 1.54) is 4.80 Å². The van der Waals surface area contributed by atoms with Gasteiger partial charge in [-0.1, -0.05) is 24.3 Å². The third-order valence-electron chi connectivity index (χ3n) is 3.33. The highest BCUT2D eigenvalue weighted by molar-refractivity contribution is 5.73. The van der Waals surface area contributed by atoms with E-state index in [9.17, 15) is 5.11 Å². The van der Waals surface area contributed by atoms with E-state index >= 15 is 0 Å². The van der Waals surface area contributed by atoms with Crippen molar-refractivity contribution >= 4 is 11.0 Å². The van der Waals surface area contributed by atoms with Gasteiger partial charge < -0.3 is 10.8 Å². The molecule has 0 amide bonds. The molecule has 0 radical (unpaired) electrons. The summed E-state index contributed by atoms with van der Waals surface area (Å²) < 4.78 is 0. The summed E-state index contributed by atoms with van der Waals surface area (Å²) in [4.78, 5) is 1.45. The monoisotopic (exact) mass is 280 g/mol. The van der Waals surface area contributed by atoms with E-state index in [4.69, 9.17) is 5.73 Å². The molecule has 1 aromatic heterocycles. The molecule has 0 bridgehead atoms. The number of aromatic nitrogens is 3. The smallest absolute Gasteiger partial charge is 0.146 e. The molecule has 0 saturated carbocycles. The van der Waals surface area contributed by atoms with Crippen molar-refractivity contribution in [2.24, 2.45) is 5.73 Å². The fourth-order valence-electron chi connectivity index (χ4n) is 2.29. The normalized spacial score (nSPS) is 10.9. The first-order valence-corrected chi connectivity index (χ1v) is 6.71. The summed E-state index contributed by atoms with van der Waals surface area (Å²) in [6.07, 6.45) is 2.31. The number of hydrogen-bond donors (Lipinski definition) is 2. The molecule has 106 valence electrons. The molecule has 0 spiro atoms. The van der Waals surface area contributed by atoms with Crippen molar-refractivity contribution < 1.29 is 5.11 Å². The van der Waals surface area contributed by atoms with Crippen LogP contribution in [0.2, 0.25) is 0 Å². The minimum Gasteiger partial charge on any atom is -0.505 e. The first-order chi connectivity index (χ1) is 10.2. The maximum absolute atomic E-state index is 10.4. The van der Waals surface area contributed by atoms with Crippen molar-refractivity contribution in [1.82, 2.24) is 15.0 Å². The van der Waals surface area contributed by atoms with E-state index in [1.807, 2.05) is 30.3 Å². The van der Waals surface area contributed by atoms with Gasteiger partial charge in [0.1, 0.15) is 22.5 Å². The number of phenolic OH excluding ortho intramolecular Hbond substituents is 1. The van der Waals surface area contributed by atoms with E-state index in [1.54, 1.807) is 12.1 Å². The highest BCUT2D eigenvalue weighted by Crippen LogP contribution is 2.28. The van der Waals surface area contributed by atoms with Crippen LogP contribution >= 0.6 is 0 Å². The Morgan fingerprint density at radius 3 is 2.43 bits per heavy atom. The van der Waals surface area contributed by atoms with Gasteiger partial charge in [-0.3, -0.25) is 0 Å². The van der Waals surface area contributed by atoms with Gasteiger partial charge in [0, 0.05) is 12.1 Å². The molecule has 2 aromatic carbocycles. The van der Waals surface area contributed by atoms with Crippen molar-refractivity contribution in [2.75, 3.05) is 0 Å². The Morgan fingerprint density at radius 2 is 1.86 bits per heavy atom. The molecule has 0 aliphatic rings. The summed E-state index contributed by atoms with van der Waals surface area (Å²) in [6.45, 7) is 4.10. The highest BCUT2D eigenvalue weighted by atomic mass is 16.3. The summed E-state index contributed by atoms with van der Waals surface area (Å²) in [5.74, 6) is 0.160. The predicted molar refractivity (Wildman–Crippen MR) is 82.3 cm³/mol. The average Bonchev–Trinajstić information content (AvgIpc) is 2.93. The lowest BCUT2D eigenvalue weighted by Crippen LogP contribution is -2.05. The number of nitrogens with zero attached hydrogens (tertiary/aromatic N) is 3. The van der Waals surface area contributed by atoms with Crippen LogP contribution in [-0.2, 0) is 13.0 Å². The number of allylic oxidation sites excluding steroid dienone is 1. The van der Waals surface area contributed by atoms with Crippen molar-refractivity contribution in [3.63, 3.8) is 0 Å². The van der Waals surface area contributed by atoms with E-state index in [0.29, 0.717) is 18.7 Å². The van der Waals surface area contributed by atoms with Crippen LogP contribution in [0.15, 0.2) is 49.1 Å². The zero-order chi connectivity index (χ0) is 14.8. The molecule has 0 atom stereocenters. The summed E-state index contributed by atoms with van der Waals surface area (Å²) in [7, 11) is 0. The maximum atomic E-state index is 10.4. The standard InChI is InChI=1S/C16H16N4O/c1-2-5-12-8-11(10-17)9-15(16(12)21)20-18-13-6-3-4-7-14(13)19-20/h2-4,6-9,21H,1,5,10,17H2. The van der Waals surface area contributed by atoms with Gasteiger partial charge in [-0.25, -0.2) is 0 Å². The second-order valence-corrected chi connectivity index (χ2v) is 4.80. The minimum absolute atomic E-state index is 0.160. The summed E-state index contributed by atoms with van der Waals surface area (Å²) in [6, 6.07) is 11.3. The first kappa shape index (κ1) is 13.3. The molecular weight excluding hydrogens is 264 g/mol. The molecule has 21 heavy (non-hydrogen) atoms. The van der Waals surface area contributed by atoms with Crippen LogP contribution in [0.5, 0.6) is 5.75 Å². The molecule has 3 rings (SSSR count). The lowest BCUT2D eigenvalue weighted by atomic mass is 10.1. The lowest BCUT2D eigenvalue weighted by Gasteiger charge is -2.10. The van der Waals surface area contributed by atoms with E-state index < -0.39 is 0 Å². The molecule has 0 unspecified atom stereocenters. The van der Waals surface area contributed by atoms with E-state index in [-0.39, 0.29) is 5.75 Å². The molecule has 0 aliphatic carbocycles. The van der Waals surface area contributed by atoms with Gasteiger partial charge in [-0.05, 0) is 30.2 Å². The number of aromatic hydroxyl groups is 1. The van der Waals surface area contributed by atoms with E-state index in [2.05, 4.69) is 16.8 Å². The van der Waals surface area contributed by atoms with Gasteiger partial charge in [0.25, 0.3) is 0 Å². The number of rotatable bonds is 4. The minimum atomic E-state index is 0.160. The fraction of sp³-hybridized carbons (Fsp3) is 0.125. The highest BCUT2D eigenvalue weighted by Gasteiger charge is 2.13. The lowest BCUT2D eigenvalue weighted by molar-refractivity contribution is 0.462. The van der Waals surface area contributed by atoms with Crippen LogP contribution in [0.25, 0.3) is 16.7 Å². The Hall–Kier alpha value is -2.66. The molecule has 0 fully saturated rings. The predicted octanol–water partition coefficient (Wildman–Crippen LogP) is 2.31. The molecule has 0 aliphatic heterocycles.